The molecule has 1 fully saturated rings. The Morgan fingerprint density at radius 3 is 2.74 bits per heavy atom. The molecule has 0 spiro atoms. The molecule has 128 valence electrons. The first-order valence-corrected chi connectivity index (χ1v) is 10.7. The van der Waals surface area contributed by atoms with Crippen LogP contribution in [0, 0.1) is 0 Å². The molecule has 1 aromatic carbocycles. The fourth-order valence-corrected chi connectivity index (χ4v) is 4.42. The fraction of sp³-hybridized carbons (Fsp3) is 0.562. The fourth-order valence-electron chi connectivity index (χ4n) is 2.70. The van der Waals surface area contributed by atoms with Gasteiger partial charge >= 0.3 is 0 Å². The van der Waals surface area contributed by atoms with Crippen molar-refractivity contribution < 1.29 is 13.2 Å². The Kier molecular flexibility index (Phi) is 6.50. The molecule has 0 aromatic heterocycles. The predicted octanol–water partition coefficient (Wildman–Crippen LogP) is 1.85. The van der Waals surface area contributed by atoms with Gasteiger partial charge in [-0.1, -0.05) is 30.3 Å². The van der Waals surface area contributed by atoms with Crippen molar-refractivity contribution in [3.63, 3.8) is 0 Å². The maximum absolute atomic E-state index is 12.6. The van der Waals surface area contributed by atoms with Gasteiger partial charge in [0.25, 0.3) is 0 Å². The third kappa shape index (κ3) is 6.16. The number of sulfonamides is 1. The van der Waals surface area contributed by atoms with Crippen molar-refractivity contribution in [3.05, 3.63) is 35.9 Å². The van der Waals surface area contributed by atoms with Gasteiger partial charge in [-0.25, -0.2) is 13.1 Å². The second kappa shape index (κ2) is 8.17. The van der Waals surface area contributed by atoms with Gasteiger partial charge in [-0.3, -0.25) is 4.79 Å². The summed E-state index contributed by atoms with van der Waals surface area (Å²) in [6.07, 6.45) is 2.77. The minimum Gasteiger partial charge on any atom is -0.340 e. The highest BCUT2D eigenvalue weighted by atomic mass is 32.2. The molecule has 0 saturated carbocycles. The van der Waals surface area contributed by atoms with E-state index in [2.05, 4.69) is 16.9 Å². The number of amides is 1. The molecule has 1 saturated heterocycles. The first-order valence-electron chi connectivity index (χ1n) is 7.77. The van der Waals surface area contributed by atoms with E-state index in [9.17, 15) is 13.2 Å². The Balaban J connectivity index is 1.86. The van der Waals surface area contributed by atoms with E-state index < -0.39 is 10.0 Å². The quantitative estimate of drug-likeness (QED) is 0.845. The molecule has 1 aromatic rings. The number of carbonyl (C=O) groups is 1. The van der Waals surface area contributed by atoms with E-state index >= 15 is 0 Å². The lowest BCUT2D eigenvalue weighted by Crippen LogP contribution is -2.51. The molecule has 1 aliphatic rings. The minimum absolute atomic E-state index is 0.0888. The monoisotopic (exact) mass is 356 g/mol. The number of likely N-dealkylation sites (tertiary alicyclic amines) is 1. The van der Waals surface area contributed by atoms with Crippen LogP contribution in [0.15, 0.2) is 30.3 Å². The average Bonchev–Trinajstić information content (AvgIpc) is 2.51. The number of nitrogens with one attached hydrogen (secondary N) is 1. The molecule has 2 rings (SSSR count). The van der Waals surface area contributed by atoms with Gasteiger partial charge in [0.15, 0.2) is 0 Å². The molecule has 1 amide bonds. The van der Waals surface area contributed by atoms with Crippen molar-refractivity contribution in [1.82, 2.24) is 9.62 Å². The van der Waals surface area contributed by atoms with Gasteiger partial charge in [-0.05, 0) is 25.3 Å². The van der Waals surface area contributed by atoms with Crippen molar-refractivity contribution in [1.29, 1.82) is 0 Å². The van der Waals surface area contributed by atoms with Crippen molar-refractivity contribution in [2.24, 2.45) is 0 Å². The Morgan fingerprint density at radius 1 is 1.39 bits per heavy atom. The lowest BCUT2D eigenvalue weighted by Gasteiger charge is -2.34. The van der Waals surface area contributed by atoms with Crippen molar-refractivity contribution in [3.8, 4) is 0 Å². The highest BCUT2D eigenvalue weighted by Crippen LogP contribution is 2.21. The van der Waals surface area contributed by atoms with Crippen molar-refractivity contribution >= 4 is 27.7 Å². The molecule has 1 heterocycles. The number of thioether (sulfide) groups is 1. The average molecular weight is 357 g/mol. The third-order valence-electron chi connectivity index (χ3n) is 3.80. The Morgan fingerprint density at radius 2 is 2.09 bits per heavy atom. The largest absolute Gasteiger partial charge is 0.340 e. The molecule has 1 N–H and O–H groups in total. The van der Waals surface area contributed by atoms with Crippen LogP contribution in [-0.4, -0.2) is 49.9 Å². The predicted molar refractivity (Wildman–Crippen MR) is 94.8 cm³/mol. The first-order chi connectivity index (χ1) is 10.8. The molecule has 0 radical (unpaired) electrons. The first kappa shape index (κ1) is 18.3. The number of carbonyl (C=O) groups excluding carboxylic acids is 1. The van der Waals surface area contributed by atoms with Crippen LogP contribution in [0.3, 0.4) is 0 Å². The molecule has 0 aliphatic carbocycles. The maximum Gasteiger partial charge on any atom is 0.235 e. The number of piperidine rings is 1. The van der Waals surface area contributed by atoms with E-state index in [4.69, 9.17) is 0 Å². The van der Waals surface area contributed by atoms with Gasteiger partial charge in [-0.2, -0.15) is 0 Å². The van der Waals surface area contributed by atoms with E-state index in [1.54, 1.807) is 16.7 Å². The summed E-state index contributed by atoms with van der Waals surface area (Å²) in [7, 11) is -3.23. The zero-order valence-corrected chi connectivity index (χ0v) is 15.2. The van der Waals surface area contributed by atoms with Gasteiger partial charge in [0, 0.05) is 24.9 Å². The van der Waals surface area contributed by atoms with Crippen LogP contribution < -0.4 is 4.72 Å². The van der Waals surface area contributed by atoms with Crippen LogP contribution in [0.5, 0.6) is 0 Å². The van der Waals surface area contributed by atoms with Crippen LogP contribution in [0.25, 0.3) is 0 Å². The second-order valence-electron chi connectivity index (χ2n) is 5.95. The number of benzene rings is 1. The summed E-state index contributed by atoms with van der Waals surface area (Å²) in [6.45, 7) is 3.09. The number of nitrogens with zero attached hydrogens (tertiary/aromatic N) is 1. The van der Waals surface area contributed by atoms with Gasteiger partial charge in [0.05, 0.1) is 11.5 Å². The van der Waals surface area contributed by atoms with E-state index in [1.807, 2.05) is 25.1 Å². The van der Waals surface area contributed by atoms with Crippen molar-refractivity contribution in [2.75, 3.05) is 19.3 Å². The summed E-state index contributed by atoms with van der Waals surface area (Å²) in [6, 6.07) is 9.90. The third-order valence-corrected chi connectivity index (χ3v) is 5.77. The molecule has 0 bridgehead atoms. The Hall–Kier alpha value is -1.05. The highest BCUT2D eigenvalue weighted by molar-refractivity contribution is 7.99. The minimum atomic E-state index is -3.23. The van der Waals surface area contributed by atoms with Gasteiger partial charge < -0.3 is 4.90 Å². The molecule has 5 nitrogen and oxygen atoms in total. The molecule has 2 unspecified atom stereocenters. The second-order valence-corrected chi connectivity index (χ2v) is 9.06. The summed E-state index contributed by atoms with van der Waals surface area (Å²) >= 11 is 1.62. The zero-order chi connectivity index (χ0) is 16.9. The summed E-state index contributed by atoms with van der Waals surface area (Å²) in [5.74, 6) is 0.887. The molecule has 7 heteroatoms. The Labute approximate surface area is 142 Å². The summed E-state index contributed by atoms with van der Waals surface area (Å²) in [4.78, 5) is 14.3. The van der Waals surface area contributed by atoms with E-state index in [-0.39, 0.29) is 17.2 Å². The van der Waals surface area contributed by atoms with Crippen LogP contribution in [0.4, 0.5) is 0 Å². The van der Waals surface area contributed by atoms with Crippen molar-refractivity contribution in [2.45, 2.75) is 36.8 Å². The lowest BCUT2D eigenvalue weighted by molar-refractivity contribution is -0.131. The number of hydrogen-bond acceptors (Lipinski definition) is 4. The number of rotatable bonds is 6. The molecule has 2 atom stereocenters. The highest BCUT2D eigenvalue weighted by Gasteiger charge is 2.28. The summed E-state index contributed by atoms with van der Waals surface area (Å²) < 4.78 is 25.3. The maximum atomic E-state index is 12.6. The summed E-state index contributed by atoms with van der Waals surface area (Å²) in [5.41, 5.74) is 1.20. The smallest absolute Gasteiger partial charge is 0.235 e. The SMILES string of the molecule is CC(SCc1ccccc1)C(=O)N1CCCC(NS(C)(=O)=O)C1. The molecular weight excluding hydrogens is 332 g/mol. The van der Waals surface area contributed by atoms with Crippen LogP contribution in [-0.2, 0) is 20.6 Å². The molecular formula is C16H24N2O3S2. The van der Waals surface area contributed by atoms with E-state index in [0.29, 0.717) is 13.1 Å². The molecule has 23 heavy (non-hydrogen) atoms. The zero-order valence-electron chi connectivity index (χ0n) is 13.6. The van der Waals surface area contributed by atoms with Crippen LogP contribution in [0.1, 0.15) is 25.3 Å². The number of hydrogen-bond donors (Lipinski definition) is 1. The van der Waals surface area contributed by atoms with Gasteiger partial charge in [0.1, 0.15) is 0 Å². The van der Waals surface area contributed by atoms with Crippen LogP contribution >= 0.6 is 11.8 Å². The van der Waals surface area contributed by atoms with Gasteiger partial charge in [-0.15, -0.1) is 11.8 Å². The molecule has 1 aliphatic heterocycles. The Bertz CT molecular complexity index is 619. The van der Waals surface area contributed by atoms with Gasteiger partial charge in [0.2, 0.25) is 15.9 Å². The van der Waals surface area contributed by atoms with E-state index in [1.165, 1.54) is 5.56 Å². The topological polar surface area (TPSA) is 66.5 Å². The lowest BCUT2D eigenvalue weighted by atomic mass is 10.1. The normalized spacial score (nSPS) is 20.3. The summed E-state index contributed by atoms with van der Waals surface area (Å²) in [5, 5.41) is -0.132. The van der Waals surface area contributed by atoms with E-state index in [0.717, 1.165) is 24.9 Å². The standard InChI is InChI=1S/C16H24N2O3S2/c1-13(22-12-14-7-4-3-5-8-14)16(19)18-10-6-9-15(11-18)17-23(2,20)21/h3-5,7-8,13,15,17H,6,9-12H2,1-2H3. The van der Waals surface area contributed by atoms with Crippen LogP contribution in [0.2, 0.25) is 0 Å².